The Kier molecular flexibility index (Phi) is 5.70. The predicted octanol–water partition coefficient (Wildman–Crippen LogP) is 1.61. The van der Waals surface area contributed by atoms with Crippen LogP contribution in [0.1, 0.15) is 24.9 Å². The third-order valence-corrected chi connectivity index (χ3v) is 2.44. The van der Waals surface area contributed by atoms with Crippen LogP contribution in [0.2, 0.25) is 0 Å². The highest BCUT2D eigenvalue weighted by Crippen LogP contribution is 2.16. The molecule has 5 nitrogen and oxygen atoms in total. The van der Waals surface area contributed by atoms with Crippen LogP contribution < -0.4 is 10.6 Å². The molecule has 0 unspecified atom stereocenters. The maximum absolute atomic E-state index is 11.4. The first kappa shape index (κ1) is 14.0. The second-order valence-electron chi connectivity index (χ2n) is 3.71. The number of carbonyl (C=O) groups is 2. The minimum atomic E-state index is -0.518. The van der Waals surface area contributed by atoms with Gasteiger partial charge in [-0.2, -0.15) is 0 Å². The highest BCUT2D eigenvalue weighted by Gasteiger charge is 2.18. The van der Waals surface area contributed by atoms with Crippen molar-refractivity contribution in [1.82, 2.24) is 10.6 Å². The Morgan fingerprint density at radius 2 is 1.94 bits per heavy atom. The summed E-state index contributed by atoms with van der Waals surface area (Å²) in [5, 5.41) is 5.22. The maximum atomic E-state index is 11.4. The highest BCUT2D eigenvalue weighted by atomic mass is 16.5. The Labute approximate surface area is 107 Å². The van der Waals surface area contributed by atoms with Gasteiger partial charge in [0.05, 0.1) is 19.1 Å². The van der Waals surface area contributed by atoms with Gasteiger partial charge >= 0.3 is 6.09 Å². The first-order valence-electron chi connectivity index (χ1n) is 5.86. The van der Waals surface area contributed by atoms with Crippen LogP contribution in [0.3, 0.4) is 0 Å². The largest absolute Gasteiger partial charge is 0.450 e. The molecule has 1 atom stereocenters. The van der Waals surface area contributed by atoms with E-state index < -0.39 is 6.09 Å². The van der Waals surface area contributed by atoms with Crippen molar-refractivity contribution in [2.24, 2.45) is 0 Å². The number of benzene rings is 1. The molecule has 0 saturated carbocycles. The molecule has 0 fully saturated rings. The van der Waals surface area contributed by atoms with Gasteiger partial charge in [0.2, 0.25) is 5.91 Å². The van der Waals surface area contributed by atoms with E-state index in [0.717, 1.165) is 5.56 Å². The third-order valence-electron chi connectivity index (χ3n) is 2.44. The van der Waals surface area contributed by atoms with Crippen molar-refractivity contribution >= 4 is 12.0 Å². The highest BCUT2D eigenvalue weighted by molar-refractivity contribution is 5.77. The number of rotatable bonds is 5. The van der Waals surface area contributed by atoms with Crippen LogP contribution >= 0.6 is 0 Å². The first-order chi connectivity index (χ1) is 8.67. The lowest BCUT2D eigenvalue weighted by molar-refractivity contribution is -0.121. The topological polar surface area (TPSA) is 67.4 Å². The number of amides is 2. The van der Waals surface area contributed by atoms with E-state index in [9.17, 15) is 9.59 Å². The van der Waals surface area contributed by atoms with Crippen LogP contribution in [-0.2, 0) is 9.53 Å². The lowest BCUT2D eigenvalue weighted by Gasteiger charge is -2.18. The minimum Gasteiger partial charge on any atom is -0.450 e. The number of hydrogen-bond donors (Lipinski definition) is 2. The van der Waals surface area contributed by atoms with Crippen LogP contribution in [0.15, 0.2) is 30.3 Å². The number of hydrogen-bond acceptors (Lipinski definition) is 3. The second-order valence-corrected chi connectivity index (χ2v) is 3.71. The minimum absolute atomic E-state index is 0.138. The fraction of sp³-hybridized carbons (Fsp3) is 0.385. The summed E-state index contributed by atoms with van der Waals surface area (Å²) in [5.74, 6) is -0.138. The van der Waals surface area contributed by atoms with Gasteiger partial charge in [0.1, 0.15) is 0 Å². The molecule has 1 aromatic carbocycles. The van der Waals surface area contributed by atoms with E-state index >= 15 is 0 Å². The molecule has 1 aromatic rings. The van der Waals surface area contributed by atoms with E-state index in [1.54, 1.807) is 14.0 Å². The Hall–Kier alpha value is -2.04. The van der Waals surface area contributed by atoms with Gasteiger partial charge in [0, 0.05) is 7.05 Å². The lowest BCUT2D eigenvalue weighted by Crippen LogP contribution is -2.33. The Morgan fingerprint density at radius 3 is 2.50 bits per heavy atom. The van der Waals surface area contributed by atoms with Gasteiger partial charge in [-0.1, -0.05) is 30.3 Å². The summed E-state index contributed by atoms with van der Waals surface area (Å²) in [6.45, 7) is 2.03. The summed E-state index contributed by atoms with van der Waals surface area (Å²) in [5.41, 5.74) is 0.870. The van der Waals surface area contributed by atoms with Gasteiger partial charge in [0.15, 0.2) is 0 Å². The summed E-state index contributed by atoms with van der Waals surface area (Å²) in [6, 6.07) is 8.94. The summed E-state index contributed by atoms with van der Waals surface area (Å²) in [4.78, 5) is 22.9. The Balaban J connectivity index is 2.75. The number of nitrogens with one attached hydrogen (secondary N) is 2. The second kappa shape index (κ2) is 7.32. The summed E-state index contributed by atoms with van der Waals surface area (Å²) in [6.07, 6.45) is -0.338. The average Bonchev–Trinajstić information content (AvgIpc) is 2.39. The Morgan fingerprint density at radius 1 is 1.28 bits per heavy atom. The lowest BCUT2D eigenvalue weighted by atomic mass is 10.0. The van der Waals surface area contributed by atoms with E-state index in [1.807, 2.05) is 30.3 Å². The van der Waals surface area contributed by atoms with Crippen molar-refractivity contribution in [2.75, 3.05) is 13.7 Å². The molecular formula is C13H18N2O3. The maximum Gasteiger partial charge on any atom is 0.407 e. The van der Waals surface area contributed by atoms with Crippen LogP contribution in [0.25, 0.3) is 0 Å². The van der Waals surface area contributed by atoms with Crippen molar-refractivity contribution in [1.29, 1.82) is 0 Å². The summed E-state index contributed by atoms with van der Waals surface area (Å²) < 4.78 is 4.83. The van der Waals surface area contributed by atoms with Crippen molar-refractivity contribution < 1.29 is 14.3 Å². The molecule has 98 valence electrons. The normalized spacial score (nSPS) is 11.4. The molecule has 18 heavy (non-hydrogen) atoms. The molecule has 0 bridgehead atoms. The molecule has 1 rings (SSSR count). The van der Waals surface area contributed by atoms with Crippen molar-refractivity contribution in [3.8, 4) is 0 Å². The van der Waals surface area contributed by atoms with Gasteiger partial charge < -0.3 is 15.4 Å². The van der Waals surface area contributed by atoms with E-state index in [4.69, 9.17) is 4.74 Å². The fourth-order valence-electron chi connectivity index (χ4n) is 1.54. The predicted molar refractivity (Wildman–Crippen MR) is 68.0 cm³/mol. The zero-order valence-corrected chi connectivity index (χ0v) is 10.6. The summed E-state index contributed by atoms with van der Waals surface area (Å²) in [7, 11) is 1.56. The van der Waals surface area contributed by atoms with Crippen LogP contribution in [0, 0.1) is 0 Å². The van der Waals surface area contributed by atoms with Gasteiger partial charge in [0.25, 0.3) is 0 Å². The monoisotopic (exact) mass is 250 g/mol. The van der Waals surface area contributed by atoms with Gasteiger partial charge in [-0.25, -0.2) is 4.79 Å². The quantitative estimate of drug-likeness (QED) is 0.834. The van der Waals surface area contributed by atoms with Crippen molar-refractivity contribution in [2.45, 2.75) is 19.4 Å². The fourth-order valence-corrected chi connectivity index (χ4v) is 1.54. The van der Waals surface area contributed by atoms with Gasteiger partial charge in [-0.15, -0.1) is 0 Å². The molecule has 0 aliphatic carbocycles. The SMILES string of the molecule is CCOC(=O)N[C@@H](CC(=O)NC)c1ccccc1. The standard InChI is InChI=1S/C13H18N2O3/c1-3-18-13(17)15-11(9-12(16)14-2)10-7-5-4-6-8-10/h4-8,11H,3,9H2,1-2H3,(H,14,16)(H,15,17)/t11-/m0/s1. The molecule has 0 saturated heterocycles. The molecule has 5 heteroatoms. The third kappa shape index (κ3) is 4.45. The van der Waals surface area contributed by atoms with Crippen LogP contribution in [-0.4, -0.2) is 25.7 Å². The van der Waals surface area contributed by atoms with Crippen LogP contribution in [0.5, 0.6) is 0 Å². The van der Waals surface area contributed by atoms with E-state index in [2.05, 4.69) is 10.6 Å². The van der Waals surface area contributed by atoms with Gasteiger partial charge in [-0.3, -0.25) is 4.79 Å². The van der Waals surface area contributed by atoms with E-state index in [-0.39, 0.29) is 18.4 Å². The molecule has 0 heterocycles. The molecule has 0 aliphatic rings. The molecule has 0 aromatic heterocycles. The summed E-state index contributed by atoms with van der Waals surface area (Å²) >= 11 is 0. The zero-order chi connectivity index (χ0) is 13.4. The Bertz CT molecular complexity index is 392. The number of carbonyl (C=O) groups excluding carboxylic acids is 2. The number of alkyl carbamates (subject to hydrolysis) is 1. The van der Waals surface area contributed by atoms with Crippen LogP contribution in [0.4, 0.5) is 4.79 Å². The molecule has 2 amide bonds. The number of ether oxygens (including phenoxy) is 1. The van der Waals surface area contributed by atoms with Crippen molar-refractivity contribution in [3.05, 3.63) is 35.9 Å². The van der Waals surface area contributed by atoms with Gasteiger partial charge in [-0.05, 0) is 12.5 Å². The molecule has 0 radical (unpaired) electrons. The van der Waals surface area contributed by atoms with E-state index in [0.29, 0.717) is 6.61 Å². The van der Waals surface area contributed by atoms with Crippen molar-refractivity contribution in [3.63, 3.8) is 0 Å². The molecule has 2 N–H and O–H groups in total. The average molecular weight is 250 g/mol. The zero-order valence-electron chi connectivity index (χ0n) is 10.6. The molecular weight excluding hydrogens is 232 g/mol. The van der Waals surface area contributed by atoms with E-state index in [1.165, 1.54) is 0 Å². The smallest absolute Gasteiger partial charge is 0.407 e. The first-order valence-corrected chi connectivity index (χ1v) is 5.86. The molecule has 0 spiro atoms. The molecule has 0 aliphatic heterocycles.